The van der Waals surface area contributed by atoms with Crippen LogP contribution < -0.4 is 16.0 Å². The summed E-state index contributed by atoms with van der Waals surface area (Å²) in [5.74, 6) is 0.823. The maximum atomic E-state index is 11.8. The monoisotopic (exact) mass is 407 g/mol. The SMILES string of the molecule is CCOC(=O)c1ccc(NC2=CC=NC(Nc3ccc(C#N)cc3)=CN2)c(Cl)c1. The van der Waals surface area contributed by atoms with Crippen LogP contribution in [0, 0.1) is 11.3 Å². The third-order valence-corrected chi connectivity index (χ3v) is 4.17. The predicted molar refractivity (Wildman–Crippen MR) is 114 cm³/mol. The summed E-state index contributed by atoms with van der Waals surface area (Å²) in [4.78, 5) is 16.1. The summed E-state index contributed by atoms with van der Waals surface area (Å²) in [5.41, 5.74) is 2.42. The molecule has 1 aliphatic heterocycles. The van der Waals surface area contributed by atoms with Gasteiger partial charge in [-0.25, -0.2) is 9.79 Å². The van der Waals surface area contributed by atoms with Gasteiger partial charge in [0.25, 0.3) is 0 Å². The Morgan fingerprint density at radius 3 is 2.72 bits per heavy atom. The molecule has 7 nitrogen and oxygen atoms in total. The molecular formula is C21H18ClN5O2. The third kappa shape index (κ3) is 5.37. The van der Waals surface area contributed by atoms with E-state index in [1.165, 1.54) is 0 Å². The molecule has 0 saturated carbocycles. The van der Waals surface area contributed by atoms with Crippen LogP contribution in [0.25, 0.3) is 0 Å². The second-order valence-corrected chi connectivity index (χ2v) is 6.29. The number of carbonyl (C=O) groups excluding carboxylic acids is 1. The molecule has 0 amide bonds. The Hall–Kier alpha value is -3.76. The number of nitriles is 1. The van der Waals surface area contributed by atoms with Crippen molar-refractivity contribution in [2.75, 3.05) is 17.2 Å². The van der Waals surface area contributed by atoms with Gasteiger partial charge in [0.2, 0.25) is 0 Å². The largest absolute Gasteiger partial charge is 0.462 e. The fourth-order valence-corrected chi connectivity index (χ4v) is 2.68. The van der Waals surface area contributed by atoms with Gasteiger partial charge in [-0.2, -0.15) is 5.26 Å². The first kappa shape index (κ1) is 20.0. The van der Waals surface area contributed by atoms with Crippen LogP contribution in [0.3, 0.4) is 0 Å². The van der Waals surface area contributed by atoms with Gasteiger partial charge in [0.05, 0.1) is 34.5 Å². The average molecular weight is 408 g/mol. The minimum atomic E-state index is -0.415. The summed E-state index contributed by atoms with van der Waals surface area (Å²) < 4.78 is 4.97. The van der Waals surface area contributed by atoms with Crippen molar-refractivity contribution in [2.24, 2.45) is 4.99 Å². The maximum absolute atomic E-state index is 11.8. The van der Waals surface area contributed by atoms with E-state index in [0.717, 1.165) is 5.69 Å². The van der Waals surface area contributed by atoms with Crippen LogP contribution in [-0.2, 0) is 4.74 Å². The number of allylic oxidation sites excluding steroid dienone is 1. The van der Waals surface area contributed by atoms with Crippen molar-refractivity contribution in [2.45, 2.75) is 6.92 Å². The number of rotatable bonds is 6. The highest BCUT2D eigenvalue weighted by Crippen LogP contribution is 2.24. The van der Waals surface area contributed by atoms with E-state index < -0.39 is 5.97 Å². The second kappa shape index (κ2) is 9.44. The molecule has 1 heterocycles. The molecular weight excluding hydrogens is 390 g/mol. The summed E-state index contributed by atoms with van der Waals surface area (Å²) >= 11 is 6.28. The molecule has 0 unspecified atom stereocenters. The minimum absolute atomic E-state index is 0.303. The lowest BCUT2D eigenvalue weighted by atomic mass is 10.2. The van der Waals surface area contributed by atoms with Gasteiger partial charge >= 0.3 is 5.97 Å². The van der Waals surface area contributed by atoms with Crippen LogP contribution in [0.5, 0.6) is 0 Å². The smallest absolute Gasteiger partial charge is 0.338 e. The van der Waals surface area contributed by atoms with Crippen molar-refractivity contribution in [3.63, 3.8) is 0 Å². The first-order valence-electron chi connectivity index (χ1n) is 8.81. The molecule has 3 N–H and O–H groups in total. The third-order valence-electron chi connectivity index (χ3n) is 3.86. The molecule has 1 aliphatic rings. The fraction of sp³-hybridized carbons (Fsp3) is 0.0952. The van der Waals surface area contributed by atoms with Crippen molar-refractivity contribution in [3.8, 4) is 6.07 Å². The number of halogens is 1. The molecule has 29 heavy (non-hydrogen) atoms. The van der Waals surface area contributed by atoms with Gasteiger partial charge in [-0.05, 0) is 55.5 Å². The number of ether oxygens (including phenoxy) is 1. The number of aliphatic imine (C=N–C) groups is 1. The van der Waals surface area contributed by atoms with Crippen LogP contribution in [0.4, 0.5) is 11.4 Å². The first-order chi connectivity index (χ1) is 14.1. The molecule has 8 heteroatoms. The molecule has 2 aromatic rings. The summed E-state index contributed by atoms with van der Waals surface area (Å²) in [6.07, 6.45) is 5.08. The zero-order valence-electron chi connectivity index (χ0n) is 15.6. The zero-order valence-corrected chi connectivity index (χ0v) is 16.3. The fourth-order valence-electron chi connectivity index (χ4n) is 2.45. The van der Waals surface area contributed by atoms with Crippen LogP contribution in [0.15, 0.2) is 71.4 Å². The van der Waals surface area contributed by atoms with Gasteiger partial charge < -0.3 is 20.7 Å². The normalized spacial score (nSPS) is 12.6. The number of esters is 1. The topological polar surface area (TPSA) is 98.5 Å². The molecule has 2 aromatic carbocycles. The number of nitrogens with zero attached hydrogens (tertiary/aromatic N) is 2. The van der Waals surface area contributed by atoms with Gasteiger partial charge in [0, 0.05) is 18.1 Å². The van der Waals surface area contributed by atoms with Crippen molar-refractivity contribution in [1.82, 2.24) is 5.32 Å². The van der Waals surface area contributed by atoms with E-state index in [4.69, 9.17) is 21.6 Å². The molecule has 3 rings (SSSR count). The lowest BCUT2D eigenvalue weighted by Crippen LogP contribution is -2.15. The quantitative estimate of drug-likeness (QED) is 0.620. The first-order valence-corrected chi connectivity index (χ1v) is 9.19. The highest BCUT2D eigenvalue weighted by Gasteiger charge is 2.10. The highest BCUT2D eigenvalue weighted by atomic mass is 35.5. The number of hydrogen-bond acceptors (Lipinski definition) is 7. The Labute approximate surface area is 173 Å². The van der Waals surface area contributed by atoms with Crippen molar-refractivity contribution >= 4 is 35.2 Å². The van der Waals surface area contributed by atoms with Crippen LogP contribution in [-0.4, -0.2) is 18.8 Å². The molecule has 0 aliphatic carbocycles. The molecule has 0 aromatic heterocycles. The molecule has 0 radical (unpaired) electrons. The Morgan fingerprint density at radius 2 is 2.03 bits per heavy atom. The number of hydrogen-bond donors (Lipinski definition) is 3. The lowest BCUT2D eigenvalue weighted by Gasteiger charge is -2.12. The van der Waals surface area contributed by atoms with Crippen LogP contribution in [0.2, 0.25) is 5.02 Å². The molecule has 146 valence electrons. The molecule has 0 atom stereocenters. The van der Waals surface area contributed by atoms with Crippen LogP contribution >= 0.6 is 11.6 Å². The maximum Gasteiger partial charge on any atom is 0.338 e. The Bertz CT molecular complexity index is 1040. The summed E-state index contributed by atoms with van der Waals surface area (Å²) in [5, 5.41) is 18.7. The molecule has 0 spiro atoms. The minimum Gasteiger partial charge on any atom is -0.462 e. The highest BCUT2D eigenvalue weighted by molar-refractivity contribution is 6.33. The van der Waals surface area contributed by atoms with Crippen LogP contribution in [0.1, 0.15) is 22.8 Å². The molecule has 0 bridgehead atoms. The van der Waals surface area contributed by atoms with E-state index in [0.29, 0.717) is 40.1 Å². The van der Waals surface area contributed by atoms with Gasteiger partial charge in [0.1, 0.15) is 11.6 Å². The number of anilines is 2. The van der Waals surface area contributed by atoms with Crippen molar-refractivity contribution < 1.29 is 9.53 Å². The van der Waals surface area contributed by atoms with Crippen molar-refractivity contribution in [1.29, 1.82) is 5.26 Å². The van der Waals surface area contributed by atoms with E-state index in [1.807, 2.05) is 0 Å². The molecule has 0 fully saturated rings. The van der Waals surface area contributed by atoms with E-state index >= 15 is 0 Å². The summed E-state index contributed by atoms with van der Waals surface area (Å²) in [6, 6.07) is 14.0. The molecule has 0 saturated heterocycles. The van der Waals surface area contributed by atoms with E-state index in [-0.39, 0.29) is 0 Å². The average Bonchev–Trinajstić information content (AvgIpc) is 2.95. The zero-order chi connectivity index (χ0) is 20.6. The summed E-state index contributed by atoms with van der Waals surface area (Å²) in [6.45, 7) is 2.05. The predicted octanol–water partition coefficient (Wildman–Crippen LogP) is 4.23. The Morgan fingerprint density at radius 1 is 1.24 bits per heavy atom. The van der Waals surface area contributed by atoms with Crippen molar-refractivity contribution in [3.05, 3.63) is 82.5 Å². The lowest BCUT2D eigenvalue weighted by molar-refractivity contribution is 0.0526. The number of carbonyl (C=O) groups is 1. The van der Waals surface area contributed by atoms with E-state index in [9.17, 15) is 4.79 Å². The van der Waals surface area contributed by atoms with Gasteiger partial charge in [-0.1, -0.05) is 11.6 Å². The Balaban J connectivity index is 1.64. The van der Waals surface area contributed by atoms with Gasteiger partial charge in [0.15, 0.2) is 0 Å². The van der Waals surface area contributed by atoms with Gasteiger partial charge in [-0.3, -0.25) is 0 Å². The number of nitrogens with one attached hydrogen (secondary N) is 3. The van der Waals surface area contributed by atoms with E-state index in [2.05, 4.69) is 27.0 Å². The Kier molecular flexibility index (Phi) is 6.51. The standard InChI is InChI=1S/C21H18ClN5O2/c1-2-29-21(28)15-5-8-18(17(22)11-15)27-19-9-10-24-20(13-25-19)26-16-6-3-14(12-23)4-7-16/h3-11,13,25-27H,2H2,1H3. The number of benzene rings is 2. The van der Waals surface area contributed by atoms with Gasteiger partial charge in [-0.15, -0.1) is 0 Å². The second-order valence-electron chi connectivity index (χ2n) is 5.89. The summed E-state index contributed by atoms with van der Waals surface area (Å²) in [7, 11) is 0. The van der Waals surface area contributed by atoms with E-state index in [1.54, 1.807) is 67.9 Å².